The van der Waals surface area contributed by atoms with Gasteiger partial charge in [-0.15, -0.1) is 0 Å². The number of hydrogen-bond donors (Lipinski definition) is 6. The maximum absolute atomic E-state index is 14.9. The number of methoxy groups -OCH3 is 1. The van der Waals surface area contributed by atoms with Gasteiger partial charge in [0.15, 0.2) is 5.78 Å². The molecule has 0 spiro atoms. The number of pyridine rings is 1. The average Bonchev–Trinajstić information content (AvgIpc) is 4.23. The Morgan fingerprint density at radius 1 is 0.690 bits per heavy atom. The first-order valence-electron chi connectivity index (χ1n) is 24.1. The van der Waals surface area contributed by atoms with Gasteiger partial charge in [-0.2, -0.15) is 0 Å². The summed E-state index contributed by atoms with van der Waals surface area (Å²) in [5.41, 5.74) is 4.84. The van der Waals surface area contributed by atoms with Gasteiger partial charge in [0.1, 0.15) is 29.8 Å². The number of nitrogens with one attached hydrogen (secondary N) is 6. The molecule has 6 N–H and O–H groups in total. The molecule has 6 atom stereocenters. The highest BCUT2D eigenvalue weighted by Crippen LogP contribution is 2.34. The molecule has 3 aromatic carbocycles. The first-order valence-corrected chi connectivity index (χ1v) is 24.1. The van der Waals surface area contributed by atoms with Gasteiger partial charge in [0.05, 0.1) is 13.2 Å². The Hall–Kier alpha value is -7.95. The van der Waals surface area contributed by atoms with Crippen molar-refractivity contribution in [2.75, 3.05) is 25.1 Å². The van der Waals surface area contributed by atoms with Crippen molar-refractivity contribution in [2.45, 2.75) is 95.1 Å². The molecule has 17 heteroatoms. The molecule has 0 aliphatic carbocycles. The third-order valence-corrected chi connectivity index (χ3v) is 13.6. The average molecular weight is 962 g/mol. The zero-order valence-electron chi connectivity index (χ0n) is 40.2. The predicted molar refractivity (Wildman–Crippen MR) is 268 cm³/mol. The first-order chi connectivity index (χ1) is 34.2. The number of esters is 1. The molecule has 9 rings (SSSR count). The van der Waals surface area contributed by atoms with Gasteiger partial charge < -0.3 is 50.2 Å². The van der Waals surface area contributed by atoms with Crippen molar-refractivity contribution in [1.29, 1.82) is 0 Å². The molecule has 4 aromatic heterocycles. The van der Waals surface area contributed by atoms with Crippen molar-refractivity contribution in [1.82, 2.24) is 40.8 Å². The quantitative estimate of drug-likeness (QED) is 0.0616. The van der Waals surface area contributed by atoms with Crippen molar-refractivity contribution in [3.8, 4) is 0 Å². The molecule has 2 fully saturated rings. The number of fused-ring (bicyclic) bond motifs is 3. The molecule has 0 saturated carbocycles. The molecule has 0 radical (unpaired) electrons. The van der Waals surface area contributed by atoms with Gasteiger partial charge in [-0.3, -0.25) is 24.2 Å². The number of aromatic nitrogens is 4. The summed E-state index contributed by atoms with van der Waals surface area (Å²) < 4.78 is 10.8. The lowest BCUT2D eigenvalue weighted by molar-refractivity contribution is -0.145. The van der Waals surface area contributed by atoms with Crippen LogP contribution in [0.1, 0.15) is 56.7 Å². The molecule has 17 nitrogen and oxygen atoms in total. The Labute approximate surface area is 410 Å². The Morgan fingerprint density at radius 3 is 1.77 bits per heavy atom. The van der Waals surface area contributed by atoms with Crippen molar-refractivity contribution in [3.63, 3.8) is 0 Å². The number of ether oxygens (including phenoxy) is 2. The molecule has 7 aromatic rings. The molecule has 71 heavy (non-hydrogen) atoms. The number of alkyl carbamates (subject to hydrolysis) is 1. The van der Waals surface area contributed by atoms with Crippen molar-refractivity contribution in [3.05, 3.63) is 133 Å². The van der Waals surface area contributed by atoms with E-state index in [1.54, 1.807) is 62.6 Å². The van der Waals surface area contributed by atoms with E-state index in [9.17, 15) is 28.8 Å². The number of anilines is 1. The van der Waals surface area contributed by atoms with E-state index >= 15 is 0 Å². The highest BCUT2D eigenvalue weighted by atomic mass is 16.6. The molecule has 0 bridgehead atoms. The SMILES string of the molecule is COC(=O)[C@H](Cc1c[nH]c2ccccc12)NC(=O)[C@H](Cc1c[nH]c2ccccc12)NC(=O)[C@@H]1C[C@@H](C(=O)[C@H]2CCCN2C(=O)[C@@H](Cc2c[nH]c3ccccc23)NC(=O)OC(C)(C)C)CN1c1ccncc1. The number of Topliss-reactive ketones (excluding diaryl/α,β-unsaturated/α-hetero) is 1. The zero-order valence-corrected chi connectivity index (χ0v) is 40.2. The fourth-order valence-electron chi connectivity index (χ4n) is 10.2. The smallest absolute Gasteiger partial charge is 0.408 e. The molecule has 4 amide bonds. The number of carbonyl (C=O) groups excluding carboxylic acids is 6. The Kier molecular flexibility index (Phi) is 13.9. The van der Waals surface area contributed by atoms with E-state index in [1.807, 2.05) is 83.9 Å². The second kappa shape index (κ2) is 20.6. The molecule has 6 heterocycles. The van der Waals surface area contributed by atoms with E-state index in [4.69, 9.17) is 9.47 Å². The first kappa shape index (κ1) is 48.1. The van der Waals surface area contributed by atoms with Crippen LogP contribution in [0.25, 0.3) is 32.7 Å². The van der Waals surface area contributed by atoms with Crippen LogP contribution in [0.4, 0.5) is 10.5 Å². The van der Waals surface area contributed by atoms with Crippen LogP contribution in [0.5, 0.6) is 0 Å². The summed E-state index contributed by atoms with van der Waals surface area (Å²) in [4.78, 5) is 103. The number of nitrogens with zero attached hydrogens (tertiary/aromatic N) is 3. The van der Waals surface area contributed by atoms with E-state index in [1.165, 1.54) is 7.11 Å². The van der Waals surface area contributed by atoms with Crippen LogP contribution in [-0.2, 0) is 52.7 Å². The number of ketones is 1. The van der Waals surface area contributed by atoms with Crippen LogP contribution in [0.2, 0.25) is 0 Å². The van der Waals surface area contributed by atoms with E-state index in [0.717, 1.165) is 49.4 Å². The molecule has 368 valence electrons. The Morgan fingerprint density at radius 2 is 1.23 bits per heavy atom. The van der Waals surface area contributed by atoms with Crippen LogP contribution in [0.3, 0.4) is 0 Å². The van der Waals surface area contributed by atoms with Crippen molar-refractivity contribution >= 4 is 74.0 Å². The molecule has 2 aliphatic rings. The minimum absolute atomic E-state index is 0.0725. The van der Waals surface area contributed by atoms with Gasteiger partial charge in [0.25, 0.3) is 0 Å². The molecular formula is C54H59N9O8. The van der Waals surface area contributed by atoms with Crippen LogP contribution in [0.15, 0.2) is 116 Å². The van der Waals surface area contributed by atoms with Gasteiger partial charge in [-0.25, -0.2) is 9.59 Å². The van der Waals surface area contributed by atoms with Gasteiger partial charge in [-0.1, -0.05) is 54.6 Å². The van der Waals surface area contributed by atoms with Crippen LogP contribution >= 0.6 is 0 Å². The van der Waals surface area contributed by atoms with E-state index in [0.29, 0.717) is 25.1 Å². The van der Waals surface area contributed by atoms with E-state index in [-0.39, 0.29) is 38.0 Å². The van der Waals surface area contributed by atoms with Gasteiger partial charge in [-0.05, 0) is 87.1 Å². The summed E-state index contributed by atoms with van der Waals surface area (Å²) in [6.45, 7) is 5.70. The zero-order chi connectivity index (χ0) is 49.8. The van der Waals surface area contributed by atoms with E-state index in [2.05, 4.69) is 35.9 Å². The highest BCUT2D eigenvalue weighted by Gasteiger charge is 2.47. The fourth-order valence-corrected chi connectivity index (χ4v) is 10.2. The predicted octanol–water partition coefficient (Wildman–Crippen LogP) is 6.04. The lowest BCUT2D eigenvalue weighted by Crippen LogP contribution is -2.56. The lowest BCUT2D eigenvalue weighted by atomic mass is 9.93. The number of likely N-dealkylation sites (tertiary alicyclic amines) is 1. The Balaban J connectivity index is 0.969. The summed E-state index contributed by atoms with van der Waals surface area (Å²) in [5, 5.41) is 11.4. The summed E-state index contributed by atoms with van der Waals surface area (Å²) in [5.74, 6) is -3.03. The van der Waals surface area contributed by atoms with Crippen LogP contribution in [0, 0.1) is 5.92 Å². The van der Waals surface area contributed by atoms with E-state index < -0.39 is 71.5 Å². The Bertz CT molecular complexity index is 3080. The van der Waals surface area contributed by atoms with Crippen LogP contribution < -0.4 is 20.9 Å². The summed E-state index contributed by atoms with van der Waals surface area (Å²) in [7, 11) is 1.26. The molecule has 2 aliphatic heterocycles. The maximum Gasteiger partial charge on any atom is 0.408 e. The number of rotatable bonds is 16. The molecule has 0 unspecified atom stereocenters. The third kappa shape index (κ3) is 10.6. The maximum atomic E-state index is 14.9. The largest absolute Gasteiger partial charge is 0.467 e. The topological polar surface area (TPSA) is 224 Å². The normalized spacial score (nSPS) is 18.3. The summed E-state index contributed by atoms with van der Waals surface area (Å²) in [6, 6.07) is 21.5. The van der Waals surface area contributed by atoms with Gasteiger partial charge in [0, 0.05) is 108 Å². The second-order valence-electron chi connectivity index (χ2n) is 19.4. The lowest BCUT2D eigenvalue weighted by Gasteiger charge is -2.30. The minimum atomic E-state index is -1.17. The number of aromatic amines is 3. The summed E-state index contributed by atoms with van der Waals surface area (Å²) in [6.07, 6.45) is 9.31. The number of benzene rings is 3. The molecule has 2 saturated heterocycles. The summed E-state index contributed by atoms with van der Waals surface area (Å²) >= 11 is 0. The monoisotopic (exact) mass is 961 g/mol. The fraction of sp³-hybridized carbons (Fsp3) is 0.352. The van der Waals surface area contributed by atoms with Crippen molar-refractivity contribution in [2.24, 2.45) is 5.92 Å². The minimum Gasteiger partial charge on any atom is -0.467 e. The molecular weight excluding hydrogens is 903 g/mol. The third-order valence-electron chi connectivity index (χ3n) is 13.6. The number of para-hydroxylation sites is 3. The van der Waals surface area contributed by atoms with Gasteiger partial charge >= 0.3 is 12.1 Å². The van der Waals surface area contributed by atoms with Crippen molar-refractivity contribution < 1.29 is 38.2 Å². The highest BCUT2D eigenvalue weighted by molar-refractivity contribution is 5.98. The number of carbonyl (C=O) groups is 6. The number of amides is 4. The second-order valence-corrected chi connectivity index (χ2v) is 19.4. The van der Waals surface area contributed by atoms with Crippen LogP contribution in [-0.4, -0.2) is 116 Å². The standard InChI is InChI=1S/C54H59N9O8/c1-54(2,3)71-53(69)61-44(25-33-29-57-41-16-9-6-13-38(33)41)51(67)62-23-11-18-46(62)48(64)35-27-47(63(31-35)36-19-21-55-22-20-36)50(66)59-43(24-32-28-56-40-15-8-5-12-37(32)40)49(65)60-45(52(68)70-4)26-34-30-58-42-17-10-7-14-39(34)42/h5-10,12-17,19-22,28-30,35,43-47,56-58H,11,18,23-27,31H2,1-4H3,(H,59,66)(H,60,65)(H,61,69)/t35-,43+,44-,45+,46-,47+/m1/s1. The number of H-pyrrole nitrogens is 3. The number of hydrogen-bond acceptors (Lipinski definition) is 10. The van der Waals surface area contributed by atoms with Gasteiger partial charge in [0.2, 0.25) is 17.7 Å².